The van der Waals surface area contributed by atoms with Gasteiger partial charge in [-0.25, -0.2) is 9.59 Å². The number of esters is 2. The first-order chi connectivity index (χ1) is 16.6. The Hall–Kier alpha value is -1.09. The normalized spacial score (nSPS) is 13.7. The average Bonchev–Trinajstić information content (AvgIpc) is 2.75. The first kappa shape index (κ1) is 34.9. The maximum absolute atomic E-state index is 11.7. The minimum Gasteiger partial charge on any atom is -0.462 e. The first-order valence-corrected chi connectivity index (χ1v) is 21.5. The van der Waals surface area contributed by atoms with Crippen LogP contribution in [0.5, 0.6) is 0 Å². The van der Waals surface area contributed by atoms with Crippen LogP contribution in [0.1, 0.15) is 33.1 Å². The van der Waals surface area contributed by atoms with E-state index in [2.05, 4.69) is 45.9 Å². The molecule has 0 aliphatic rings. The molecule has 0 saturated carbocycles. The number of carbonyl (C=O) groups is 2. The Kier molecular flexibility index (Phi) is 16.9. The zero-order valence-corrected chi connectivity index (χ0v) is 27.0. The maximum atomic E-state index is 11.7. The van der Waals surface area contributed by atoms with Gasteiger partial charge in [-0.15, -0.1) is 0 Å². The number of hydrogen-bond donors (Lipinski definition) is 0. The van der Waals surface area contributed by atoms with E-state index in [0.717, 1.165) is 37.4 Å². The summed E-state index contributed by atoms with van der Waals surface area (Å²) in [6.07, 6.45) is 2.40. The molecular weight excluding hydrogens is 513 g/mol. The van der Waals surface area contributed by atoms with Crippen molar-refractivity contribution in [2.75, 3.05) is 40.1 Å². The molecule has 210 valence electrons. The van der Waals surface area contributed by atoms with Crippen LogP contribution in [0.15, 0.2) is 24.3 Å². The molecule has 0 aliphatic carbocycles. The molecule has 0 aromatic rings. The molecule has 0 fully saturated rings. The molecule has 1 unspecified atom stereocenters. The van der Waals surface area contributed by atoms with Gasteiger partial charge < -0.3 is 27.2 Å². The second-order valence-corrected chi connectivity index (χ2v) is 22.9. The molecule has 1 atom stereocenters. The number of methoxy groups -OCH3 is 1. The van der Waals surface area contributed by atoms with E-state index in [9.17, 15) is 9.59 Å². The van der Waals surface area contributed by atoms with E-state index in [1.54, 1.807) is 21.0 Å². The van der Waals surface area contributed by atoms with Crippen LogP contribution in [0.2, 0.25) is 50.9 Å². The lowest BCUT2D eigenvalue weighted by molar-refractivity contribution is -0.139. The molecule has 0 aromatic heterocycles. The second-order valence-electron chi connectivity index (χ2n) is 10.6. The van der Waals surface area contributed by atoms with Crippen molar-refractivity contribution in [3.8, 4) is 0 Å². The SMILES string of the molecule is C=C(C)C(=O)OCCC[Si](C)(C)O[Si](C)(C)O[Si](C)(CCCOCCOC)CCCOC(=O)C(=C)C. The smallest absolute Gasteiger partial charge is 0.333 e. The highest BCUT2D eigenvalue weighted by Crippen LogP contribution is 2.29. The Morgan fingerprint density at radius 1 is 0.667 bits per heavy atom. The fourth-order valence-corrected chi connectivity index (χ4v) is 18.7. The largest absolute Gasteiger partial charge is 0.462 e. The highest BCUT2D eigenvalue weighted by atomic mass is 28.5. The highest BCUT2D eigenvalue weighted by molar-refractivity contribution is 6.88. The average molecular weight is 563 g/mol. The molecule has 0 saturated heterocycles. The van der Waals surface area contributed by atoms with Crippen LogP contribution in [0.4, 0.5) is 0 Å². The second kappa shape index (κ2) is 17.4. The summed E-state index contributed by atoms with van der Waals surface area (Å²) in [6, 6.07) is 2.68. The van der Waals surface area contributed by atoms with Crippen LogP contribution >= 0.6 is 0 Å². The van der Waals surface area contributed by atoms with E-state index in [4.69, 9.17) is 27.2 Å². The lowest BCUT2D eigenvalue weighted by Crippen LogP contribution is -2.53. The molecule has 0 rings (SSSR count). The number of rotatable bonds is 21. The Balaban J connectivity index is 4.97. The van der Waals surface area contributed by atoms with Crippen LogP contribution < -0.4 is 0 Å². The summed E-state index contributed by atoms with van der Waals surface area (Å²) in [6.45, 7) is 23.9. The summed E-state index contributed by atoms with van der Waals surface area (Å²) < 4.78 is 34.8. The van der Waals surface area contributed by atoms with E-state index >= 15 is 0 Å². The number of ether oxygens (including phenoxy) is 4. The van der Waals surface area contributed by atoms with Crippen LogP contribution in [-0.2, 0) is 36.8 Å². The van der Waals surface area contributed by atoms with E-state index in [-0.39, 0.29) is 11.9 Å². The Morgan fingerprint density at radius 3 is 1.61 bits per heavy atom. The third-order valence-electron chi connectivity index (χ3n) is 5.38. The third kappa shape index (κ3) is 17.4. The summed E-state index contributed by atoms with van der Waals surface area (Å²) in [5, 5.41) is 0. The van der Waals surface area contributed by atoms with Gasteiger partial charge in [-0.2, -0.15) is 0 Å². The minimum atomic E-state index is -2.44. The van der Waals surface area contributed by atoms with Crippen LogP contribution in [-0.4, -0.2) is 77.3 Å². The lowest BCUT2D eigenvalue weighted by Gasteiger charge is -2.40. The maximum Gasteiger partial charge on any atom is 0.333 e. The monoisotopic (exact) mass is 562 g/mol. The summed E-state index contributed by atoms with van der Waals surface area (Å²) in [5.74, 6) is -0.708. The van der Waals surface area contributed by atoms with Gasteiger partial charge in [0, 0.05) is 24.9 Å². The zero-order valence-electron chi connectivity index (χ0n) is 24.0. The standard InChI is InChI=1S/C25H50O8Si3/c1-22(2)24(26)30-15-12-19-34(6,7)32-35(8,9)33-36(10,20-11-14-29-18-17-28-5)21-13-16-31-25(27)23(3)4/h1,3,11-21H2,2,4-10H3. The van der Waals surface area contributed by atoms with Crippen LogP contribution in [0.3, 0.4) is 0 Å². The molecule has 36 heavy (non-hydrogen) atoms. The molecule has 0 heterocycles. The molecule has 0 spiro atoms. The topological polar surface area (TPSA) is 89.5 Å². The van der Waals surface area contributed by atoms with Gasteiger partial charge in [0.25, 0.3) is 0 Å². The molecule has 8 nitrogen and oxygen atoms in total. The van der Waals surface area contributed by atoms with Crippen molar-refractivity contribution in [1.29, 1.82) is 0 Å². The summed E-state index contributed by atoms with van der Waals surface area (Å²) in [7, 11) is -4.97. The predicted octanol–water partition coefficient (Wildman–Crippen LogP) is 5.57. The fraction of sp³-hybridized carbons (Fsp3) is 0.760. The van der Waals surface area contributed by atoms with E-state index in [0.29, 0.717) is 44.2 Å². The van der Waals surface area contributed by atoms with Crippen LogP contribution in [0, 0.1) is 0 Å². The minimum absolute atomic E-state index is 0.352. The molecular formula is C25H50O8Si3. The Bertz CT molecular complexity index is 711. The summed E-state index contributed by atoms with van der Waals surface area (Å²) in [4.78, 5) is 23.3. The molecule has 0 bridgehead atoms. The first-order valence-electron chi connectivity index (χ1n) is 12.8. The van der Waals surface area contributed by atoms with Gasteiger partial charge in [-0.05, 0) is 84.0 Å². The quantitative estimate of drug-likeness (QED) is 0.0776. The summed E-state index contributed by atoms with van der Waals surface area (Å²) in [5.41, 5.74) is 0.815. The Morgan fingerprint density at radius 2 is 1.14 bits per heavy atom. The molecule has 0 amide bonds. The van der Waals surface area contributed by atoms with Crippen molar-refractivity contribution in [3.63, 3.8) is 0 Å². The van der Waals surface area contributed by atoms with Crippen LogP contribution in [0.25, 0.3) is 0 Å². The molecule has 0 aliphatic heterocycles. The third-order valence-corrected chi connectivity index (χ3v) is 17.9. The zero-order chi connectivity index (χ0) is 27.8. The number of hydrogen-bond acceptors (Lipinski definition) is 8. The fourth-order valence-electron chi connectivity index (χ4n) is 3.87. The van der Waals surface area contributed by atoms with Gasteiger partial charge in [-0.3, -0.25) is 0 Å². The molecule has 0 N–H and O–H groups in total. The lowest BCUT2D eigenvalue weighted by atomic mass is 10.4. The molecule has 0 aromatic carbocycles. The molecule has 0 radical (unpaired) electrons. The van der Waals surface area contributed by atoms with E-state index in [1.165, 1.54) is 0 Å². The van der Waals surface area contributed by atoms with Gasteiger partial charge in [0.05, 0.1) is 26.4 Å². The Labute approximate surface area is 222 Å². The van der Waals surface area contributed by atoms with Gasteiger partial charge in [-0.1, -0.05) is 13.2 Å². The molecule has 11 heteroatoms. The van der Waals surface area contributed by atoms with Crippen molar-refractivity contribution in [2.24, 2.45) is 0 Å². The van der Waals surface area contributed by atoms with E-state index < -0.39 is 25.2 Å². The number of carbonyl (C=O) groups excluding carboxylic acids is 2. The van der Waals surface area contributed by atoms with E-state index in [1.807, 2.05) is 0 Å². The van der Waals surface area contributed by atoms with Crippen molar-refractivity contribution < 1.29 is 36.8 Å². The van der Waals surface area contributed by atoms with Gasteiger partial charge in [0.1, 0.15) is 0 Å². The van der Waals surface area contributed by atoms with Crippen molar-refractivity contribution in [1.82, 2.24) is 0 Å². The highest BCUT2D eigenvalue weighted by Gasteiger charge is 2.41. The van der Waals surface area contributed by atoms with Crippen molar-refractivity contribution >= 4 is 37.1 Å². The predicted molar refractivity (Wildman–Crippen MR) is 151 cm³/mol. The van der Waals surface area contributed by atoms with Gasteiger partial charge in [0.2, 0.25) is 0 Å². The van der Waals surface area contributed by atoms with Gasteiger partial charge in [0.15, 0.2) is 16.6 Å². The van der Waals surface area contributed by atoms with Crippen molar-refractivity contribution in [2.45, 2.75) is 84.0 Å². The van der Waals surface area contributed by atoms with Crippen molar-refractivity contribution in [3.05, 3.63) is 24.3 Å². The van der Waals surface area contributed by atoms with Gasteiger partial charge >= 0.3 is 20.5 Å². The summed E-state index contributed by atoms with van der Waals surface area (Å²) >= 11 is 0.